The zero-order valence-corrected chi connectivity index (χ0v) is 10.7. The smallest absolute Gasteiger partial charge is 0.395 e. The fourth-order valence-corrected chi connectivity index (χ4v) is 2.79. The molecule has 2 nitrogen and oxygen atoms in total. The minimum Gasteiger partial charge on any atom is -0.395 e. The first kappa shape index (κ1) is 14.0. The number of rotatable bonds is 5. The fourth-order valence-electron chi connectivity index (χ4n) is 1.27. The molecule has 0 spiro atoms. The van der Waals surface area contributed by atoms with Gasteiger partial charge in [0.2, 0.25) is 0 Å². The molecule has 1 aromatic rings. The molecule has 0 amide bonds. The lowest BCUT2D eigenvalue weighted by Crippen LogP contribution is -2.35. The van der Waals surface area contributed by atoms with E-state index in [4.69, 9.17) is 5.11 Å². The summed E-state index contributed by atoms with van der Waals surface area (Å²) in [6.07, 6.45) is -4.23. The molecule has 0 aliphatic heterocycles. The molecule has 0 aliphatic rings. The standard InChI is InChI=1S/C9H11BrF3NOS/c10-8-2-1-7(16-8)5-14(3-4-15)6-9(11,12)13/h1-2,15H,3-6H2. The normalized spacial score (nSPS) is 12.4. The van der Waals surface area contributed by atoms with E-state index < -0.39 is 12.7 Å². The highest BCUT2D eigenvalue weighted by atomic mass is 79.9. The van der Waals surface area contributed by atoms with Gasteiger partial charge in [0.05, 0.1) is 16.9 Å². The quantitative estimate of drug-likeness (QED) is 0.902. The Hall–Kier alpha value is -0.110. The van der Waals surface area contributed by atoms with Crippen molar-refractivity contribution in [1.82, 2.24) is 4.90 Å². The van der Waals surface area contributed by atoms with Crippen molar-refractivity contribution >= 4 is 27.3 Å². The van der Waals surface area contributed by atoms with E-state index in [-0.39, 0.29) is 19.7 Å². The van der Waals surface area contributed by atoms with Gasteiger partial charge >= 0.3 is 6.18 Å². The SMILES string of the molecule is OCCN(Cc1ccc(Br)s1)CC(F)(F)F. The maximum Gasteiger partial charge on any atom is 0.401 e. The molecule has 1 N–H and O–H groups in total. The largest absolute Gasteiger partial charge is 0.401 e. The average Bonchev–Trinajstić information content (AvgIpc) is 2.48. The second kappa shape index (κ2) is 6.00. The van der Waals surface area contributed by atoms with Crippen LogP contribution < -0.4 is 0 Å². The van der Waals surface area contributed by atoms with E-state index >= 15 is 0 Å². The summed E-state index contributed by atoms with van der Waals surface area (Å²) in [5.41, 5.74) is 0. The van der Waals surface area contributed by atoms with E-state index in [2.05, 4.69) is 15.9 Å². The Labute approximate surface area is 104 Å². The minimum absolute atomic E-state index is 0.0228. The molecular weight excluding hydrogens is 307 g/mol. The monoisotopic (exact) mass is 317 g/mol. The molecule has 92 valence electrons. The van der Waals surface area contributed by atoms with Gasteiger partial charge in [-0.05, 0) is 28.1 Å². The highest BCUT2D eigenvalue weighted by Gasteiger charge is 2.30. The summed E-state index contributed by atoms with van der Waals surface area (Å²) in [4.78, 5) is 2.02. The van der Waals surface area contributed by atoms with Gasteiger partial charge in [-0.1, -0.05) is 0 Å². The van der Waals surface area contributed by atoms with Crippen LogP contribution >= 0.6 is 27.3 Å². The number of hydrogen-bond acceptors (Lipinski definition) is 3. The van der Waals surface area contributed by atoms with Crippen LogP contribution in [-0.4, -0.2) is 35.9 Å². The van der Waals surface area contributed by atoms with Gasteiger partial charge in [-0.25, -0.2) is 0 Å². The molecule has 1 aromatic heterocycles. The van der Waals surface area contributed by atoms with Gasteiger partial charge in [0.15, 0.2) is 0 Å². The van der Waals surface area contributed by atoms with Gasteiger partial charge in [-0.2, -0.15) is 13.2 Å². The van der Waals surface area contributed by atoms with Gasteiger partial charge in [0.1, 0.15) is 0 Å². The number of aliphatic hydroxyl groups excluding tert-OH is 1. The van der Waals surface area contributed by atoms with Gasteiger partial charge < -0.3 is 5.11 Å². The zero-order chi connectivity index (χ0) is 12.2. The molecule has 0 aliphatic carbocycles. The first-order valence-electron chi connectivity index (χ1n) is 4.55. The molecule has 16 heavy (non-hydrogen) atoms. The number of halogens is 4. The Morgan fingerprint density at radius 3 is 2.50 bits per heavy atom. The van der Waals surface area contributed by atoms with Crippen LogP contribution in [0.2, 0.25) is 0 Å². The summed E-state index contributed by atoms with van der Waals surface area (Å²) in [5, 5.41) is 8.70. The molecule has 1 heterocycles. The second-order valence-electron chi connectivity index (χ2n) is 3.26. The van der Waals surface area contributed by atoms with Crippen molar-refractivity contribution in [3.05, 3.63) is 20.8 Å². The molecule has 1 rings (SSSR count). The van der Waals surface area contributed by atoms with Crippen LogP contribution in [0.1, 0.15) is 4.88 Å². The lowest BCUT2D eigenvalue weighted by molar-refractivity contribution is -0.147. The Kier molecular flexibility index (Phi) is 5.23. The number of aliphatic hydroxyl groups is 1. The summed E-state index contributed by atoms with van der Waals surface area (Å²) in [5.74, 6) is 0. The summed E-state index contributed by atoms with van der Waals surface area (Å²) in [6.45, 7) is -1.04. The van der Waals surface area contributed by atoms with Crippen molar-refractivity contribution < 1.29 is 18.3 Å². The Morgan fingerprint density at radius 1 is 1.38 bits per heavy atom. The van der Waals surface area contributed by atoms with Crippen LogP contribution in [0.5, 0.6) is 0 Å². The van der Waals surface area contributed by atoms with Crippen molar-refractivity contribution in [3.8, 4) is 0 Å². The Morgan fingerprint density at radius 2 is 2.06 bits per heavy atom. The van der Waals surface area contributed by atoms with E-state index in [0.717, 1.165) is 8.66 Å². The predicted octanol–water partition coefficient (Wildman–Crippen LogP) is 2.87. The van der Waals surface area contributed by atoms with E-state index in [1.165, 1.54) is 16.2 Å². The van der Waals surface area contributed by atoms with Crippen molar-refractivity contribution in [3.63, 3.8) is 0 Å². The van der Waals surface area contributed by atoms with Crippen molar-refractivity contribution in [2.75, 3.05) is 19.7 Å². The maximum absolute atomic E-state index is 12.2. The fraction of sp³-hybridized carbons (Fsp3) is 0.556. The van der Waals surface area contributed by atoms with Crippen LogP contribution in [0.4, 0.5) is 13.2 Å². The number of thiophene rings is 1. The molecule has 0 fully saturated rings. The minimum atomic E-state index is -4.23. The molecule has 0 saturated carbocycles. The van der Waals surface area contributed by atoms with Crippen LogP contribution in [0, 0.1) is 0 Å². The van der Waals surface area contributed by atoms with Crippen LogP contribution in [0.15, 0.2) is 15.9 Å². The van der Waals surface area contributed by atoms with E-state index in [0.29, 0.717) is 0 Å². The van der Waals surface area contributed by atoms with Gasteiger partial charge in [-0.15, -0.1) is 11.3 Å². The average molecular weight is 318 g/mol. The Balaban J connectivity index is 2.57. The van der Waals surface area contributed by atoms with Gasteiger partial charge in [0.25, 0.3) is 0 Å². The van der Waals surface area contributed by atoms with E-state index in [1.54, 1.807) is 12.1 Å². The first-order chi connectivity index (χ1) is 7.40. The van der Waals surface area contributed by atoms with E-state index in [1.807, 2.05) is 0 Å². The highest BCUT2D eigenvalue weighted by molar-refractivity contribution is 9.11. The van der Waals surface area contributed by atoms with Crippen molar-refractivity contribution in [1.29, 1.82) is 0 Å². The van der Waals surface area contributed by atoms with Crippen LogP contribution in [0.25, 0.3) is 0 Å². The molecule has 0 aromatic carbocycles. The molecule has 0 atom stereocenters. The topological polar surface area (TPSA) is 23.5 Å². The predicted molar refractivity (Wildman–Crippen MR) is 60.4 cm³/mol. The summed E-state index contributed by atoms with van der Waals surface area (Å²) < 4.78 is 37.5. The zero-order valence-electron chi connectivity index (χ0n) is 8.30. The van der Waals surface area contributed by atoms with E-state index in [9.17, 15) is 13.2 Å². The molecule has 0 saturated heterocycles. The molecule has 7 heteroatoms. The number of hydrogen-bond donors (Lipinski definition) is 1. The molecule has 0 radical (unpaired) electrons. The molecule has 0 unspecified atom stereocenters. The third-order valence-electron chi connectivity index (χ3n) is 1.83. The molecular formula is C9H11BrF3NOS. The first-order valence-corrected chi connectivity index (χ1v) is 6.16. The summed E-state index contributed by atoms with van der Waals surface area (Å²) >= 11 is 4.64. The van der Waals surface area contributed by atoms with Crippen molar-refractivity contribution in [2.24, 2.45) is 0 Å². The summed E-state index contributed by atoms with van der Waals surface area (Å²) in [7, 11) is 0. The second-order valence-corrected chi connectivity index (χ2v) is 5.80. The maximum atomic E-state index is 12.2. The number of nitrogens with zero attached hydrogens (tertiary/aromatic N) is 1. The lowest BCUT2D eigenvalue weighted by Gasteiger charge is -2.21. The number of alkyl halides is 3. The van der Waals surface area contributed by atoms with Crippen molar-refractivity contribution in [2.45, 2.75) is 12.7 Å². The van der Waals surface area contributed by atoms with Gasteiger partial charge in [-0.3, -0.25) is 4.90 Å². The summed E-state index contributed by atoms with van der Waals surface area (Å²) in [6, 6.07) is 3.57. The lowest BCUT2D eigenvalue weighted by atomic mass is 10.4. The third kappa shape index (κ3) is 5.29. The molecule has 0 bridgehead atoms. The van der Waals surface area contributed by atoms with Gasteiger partial charge in [0, 0.05) is 18.0 Å². The Bertz CT molecular complexity index is 329. The third-order valence-corrected chi connectivity index (χ3v) is 3.44. The highest BCUT2D eigenvalue weighted by Crippen LogP contribution is 2.24. The van der Waals surface area contributed by atoms with Crippen LogP contribution in [0.3, 0.4) is 0 Å². The van der Waals surface area contributed by atoms with Crippen LogP contribution in [-0.2, 0) is 6.54 Å².